The van der Waals surface area contributed by atoms with Gasteiger partial charge in [-0.1, -0.05) is 6.07 Å². The largest absolute Gasteiger partial charge is 0.381 e. The van der Waals surface area contributed by atoms with Crippen LogP contribution in [0, 0.1) is 5.41 Å². The number of aromatic nitrogens is 1. The third-order valence-electron chi connectivity index (χ3n) is 6.09. The van der Waals surface area contributed by atoms with Gasteiger partial charge in [-0.2, -0.15) is 0 Å². The molecule has 0 N–H and O–H groups in total. The van der Waals surface area contributed by atoms with Crippen LogP contribution in [0.1, 0.15) is 37.8 Å². The van der Waals surface area contributed by atoms with E-state index in [0.29, 0.717) is 18.8 Å². The maximum absolute atomic E-state index is 6.18. The number of nitrogens with zero attached hydrogens (tertiary/aromatic N) is 2. The van der Waals surface area contributed by atoms with Crippen molar-refractivity contribution in [1.29, 1.82) is 0 Å². The van der Waals surface area contributed by atoms with Gasteiger partial charge < -0.3 is 14.2 Å². The van der Waals surface area contributed by atoms with Gasteiger partial charge >= 0.3 is 0 Å². The highest BCUT2D eigenvalue weighted by molar-refractivity contribution is 5.02. The molecule has 2 unspecified atom stereocenters. The van der Waals surface area contributed by atoms with Crippen LogP contribution >= 0.6 is 0 Å². The van der Waals surface area contributed by atoms with E-state index in [1.54, 1.807) is 0 Å². The molecule has 5 heteroatoms. The van der Waals surface area contributed by atoms with E-state index in [1.807, 2.05) is 24.4 Å². The van der Waals surface area contributed by atoms with Gasteiger partial charge in [-0.3, -0.25) is 9.88 Å². The minimum atomic E-state index is 0.142. The third kappa shape index (κ3) is 4.05. The maximum atomic E-state index is 6.18. The van der Waals surface area contributed by atoms with Gasteiger partial charge in [0.05, 0.1) is 25.0 Å². The summed E-state index contributed by atoms with van der Waals surface area (Å²) in [6, 6.07) is 6.66. The molecule has 3 aliphatic heterocycles. The molecule has 3 aliphatic rings. The number of piperidine rings is 1. The Bertz CT molecular complexity index is 535. The van der Waals surface area contributed by atoms with Gasteiger partial charge in [0, 0.05) is 50.6 Å². The summed E-state index contributed by atoms with van der Waals surface area (Å²) >= 11 is 0. The molecule has 3 saturated heterocycles. The van der Waals surface area contributed by atoms with Crippen molar-refractivity contribution in [3.8, 4) is 0 Å². The number of pyridine rings is 1. The quantitative estimate of drug-likeness (QED) is 0.820. The summed E-state index contributed by atoms with van der Waals surface area (Å²) in [4.78, 5) is 7.06. The zero-order valence-corrected chi connectivity index (χ0v) is 15.1. The fourth-order valence-electron chi connectivity index (χ4n) is 4.74. The summed E-state index contributed by atoms with van der Waals surface area (Å²) < 4.78 is 17.9. The lowest BCUT2D eigenvalue weighted by atomic mass is 9.72. The Hall–Kier alpha value is -1.01. The van der Waals surface area contributed by atoms with Crippen LogP contribution in [0.2, 0.25) is 0 Å². The first-order valence-corrected chi connectivity index (χ1v) is 9.77. The van der Waals surface area contributed by atoms with E-state index in [4.69, 9.17) is 14.2 Å². The summed E-state index contributed by atoms with van der Waals surface area (Å²) in [6.45, 7) is 6.33. The Morgan fingerprint density at radius 2 is 2.12 bits per heavy atom. The third-order valence-corrected chi connectivity index (χ3v) is 6.09. The van der Waals surface area contributed by atoms with Gasteiger partial charge in [-0.25, -0.2) is 0 Å². The highest BCUT2D eigenvalue weighted by Crippen LogP contribution is 2.41. The van der Waals surface area contributed by atoms with Crippen molar-refractivity contribution >= 4 is 0 Å². The topological polar surface area (TPSA) is 43.8 Å². The molecule has 25 heavy (non-hydrogen) atoms. The van der Waals surface area contributed by atoms with E-state index in [9.17, 15) is 0 Å². The molecular weight excluding hydrogens is 316 g/mol. The first-order valence-electron chi connectivity index (χ1n) is 9.77. The van der Waals surface area contributed by atoms with Crippen molar-refractivity contribution in [3.63, 3.8) is 0 Å². The average molecular weight is 346 g/mol. The predicted octanol–water partition coefficient (Wildman–Crippen LogP) is 2.65. The van der Waals surface area contributed by atoms with Crippen LogP contribution in [-0.2, 0) is 20.8 Å². The second kappa shape index (κ2) is 8.12. The molecule has 0 aromatic carbocycles. The predicted molar refractivity (Wildman–Crippen MR) is 95.3 cm³/mol. The molecule has 0 radical (unpaired) electrons. The number of ether oxygens (including phenoxy) is 3. The minimum Gasteiger partial charge on any atom is -0.381 e. The molecule has 5 nitrogen and oxygen atoms in total. The summed E-state index contributed by atoms with van der Waals surface area (Å²) in [7, 11) is 0. The smallest absolute Gasteiger partial charge is 0.0888 e. The summed E-state index contributed by atoms with van der Waals surface area (Å²) in [5.41, 5.74) is 1.15. The van der Waals surface area contributed by atoms with E-state index >= 15 is 0 Å². The van der Waals surface area contributed by atoms with Gasteiger partial charge in [-0.15, -0.1) is 0 Å². The van der Waals surface area contributed by atoms with Gasteiger partial charge in [0.15, 0.2) is 0 Å². The van der Waals surface area contributed by atoms with Crippen LogP contribution in [0.5, 0.6) is 0 Å². The number of hydrogen-bond acceptors (Lipinski definition) is 5. The van der Waals surface area contributed by atoms with Crippen LogP contribution in [-0.4, -0.2) is 61.5 Å². The monoisotopic (exact) mass is 346 g/mol. The lowest BCUT2D eigenvalue weighted by Crippen LogP contribution is -2.59. The Balaban J connectivity index is 1.40. The summed E-state index contributed by atoms with van der Waals surface area (Å²) in [5.74, 6) is 0. The van der Waals surface area contributed by atoms with Crippen molar-refractivity contribution in [2.75, 3.05) is 39.5 Å². The second-order valence-electron chi connectivity index (χ2n) is 7.74. The molecule has 1 aromatic rings. The van der Waals surface area contributed by atoms with Crippen LogP contribution in [0.3, 0.4) is 0 Å². The summed E-state index contributed by atoms with van der Waals surface area (Å²) in [6.07, 6.45) is 7.99. The number of hydrogen-bond donors (Lipinski definition) is 0. The normalized spacial score (nSPS) is 31.6. The van der Waals surface area contributed by atoms with E-state index in [-0.39, 0.29) is 5.41 Å². The van der Waals surface area contributed by atoms with E-state index in [1.165, 1.54) is 6.42 Å². The highest BCUT2D eigenvalue weighted by Gasteiger charge is 2.47. The Morgan fingerprint density at radius 3 is 2.96 bits per heavy atom. The Morgan fingerprint density at radius 1 is 1.20 bits per heavy atom. The molecule has 3 fully saturated rings. The van der Waals surface area contributed by atoms with E-state index < -0.39 is 0 Å². The SMILES string of the molecule is c1ccc(COCC23CCCOC2CCN(C2CCOCC2)C3)nc1. The maximum Gasteiger partial charge on any atom is 0.0888 e. The molecule has 0 bridgehead atoms. The molecular formula is C20H30N2O3. The van der Waals surface area contributed by atoms with Crippen LogP contribution in [0.15, 0.2) is 24.4 Å². The van der Waals surface area contributed by atoms with Gasteiger partial charge in [-0.05, 0) is 44.2 Å². The van der Waals surface area contributed by atoms with Crippen LogP contribution in [0.4, 0.5) is 0 Å². The highest BCUT2D eigenvalue weighted by atomic mass is 16.5. The number of fused-ring (bicyclic) bond motifs is 1. The average Bonchev–Trinajstić information content (AvgIpc) is 2.69. The molecule has 1 aromatic heterocycles. The van der Waals surface area contributed by atoms with Gasteiger partial charge in [0.2, 0.25) is 0 Å². The minimum absolute atomic E-state index is 0.142. The molecule has 2 atom stereocenters. The van der Waals surface area contributed by atoms with Crippen molar-refractivity contribution in [2.45, 2.75) is 50.9 Å². The zero-order valence-electron chi connectivity index (χ0n) is 15.1. The van der Waals surface area contributed by atoms with Crippen molar-refractivity contribution in [2.24, 2.45) is 5.41 Å². The molecule has 0 saturated carbocycles. The first kappa shape index (κ1) is 17.4. The fraction of sp³-hybridized carbons (Fsp3) is 0.750. The first-order chi connectivity index (χ1) is 12.4. The molecule has 4 heterocycles. The van der Waals surface area contributed by atoms with E-state index in [0.717, 1.165) is 70.9 Å². The number of likely N-dealkylation sites (tertiary alicyclic amines) is 1. The van der Waals surface area contributed by atoms with E-state index in [2.05, 4.69) is 9.88 Å². The van der Waals surface area contributed by atoms with Crippen LogP contribution in [0.25, 0.3) is 0 Å². The molecule has 0 aliphatic carbocycles. The van der Waals surface area contributed by atoms with Crippen molar-refractivity contribution in [1.82, 2.24) is 9.88 Å². The van der Waals surface area contributed by atoms with Crippen molar-refractivity contribution in [3.05, 3.63) is 30.1 Å². The van der Waals surface area contributed by atoms with Gasteiger partial charge in [0.1, 0.15) is 0 Å². The lowest BCUT2D eigenvalue weighted by Gasteiger charge is -2.52. The molecule has 138 valence electrons. The number of rotatable bonds is 5. The van der Waals surface area contributed by atoms with Crippen molar-refractivity contribution < 1.29 is 14.2 Å². The zero-order chi connectivity index (χ0) is 17.0. The standard InChI is InChI=1S/C20H30N2O3/c1-2-9-21-17(4-1)14-24-16-20-8-3-11-25-19(20)5-10-22(15-20)18-6-12-23-13-7-18/h1-2,4,9,18-19H,3,5-8,10-16H2. The molecule has 4 rings (SSSR count). The molecule has 0 spiro atoms. The van der Waals surface area contributed by atoms with Gasteiger partial charge in [0.25, 0.3) is 0 Å². The summed E-state index contributed by atoms with van der Waals surface area (Å²) in [5, 5.41) is 0. The fourth-order valence-corrected chi connectivity index (χ4v) is 4.74. The van der Waals surface area contributed by atoms with Crippen LogP contribution < -0.4 is 0 Å². The Kier molecular flexibility index (Phi) is 5.66. The molecule has 0 amide bonds. The lowest BCUT2D eigenvalue weighted by molar-refractivity contribution is -0.163. The second-order valence-corrected chi connectivity index (χ2v) is 7.74. The Labute approximate surface area is 150 Å².